The summed E-state index contributed by atoms with van der Waals surface area (Å²) < 4.78 is 1.50. The molecule has 0 fully saturated rings. The van der Waals surface area contributed by atoms with Crippen molar-refractivity contribution in [2.75, 3.05) is 0 Å². The van der Waals surface area contributed by atoms with Crippen molar-refractivity contribution in [3.63, 3.8) is 0 Å². The highest BCUT2D eigenvalue weighted by Gasteiger charge is 2.24. The van der Waals surface area contributed by atoms with Crippen LogP contribution in [0.1, 0.15) is 5.56 Å². The van der Waals surface area contributed by atoms with Gasteiger partial charge in [-0.05, 0) is 21.5 Å². The van der Waals surface area contributed by atoms with Gasteiger partial charge in [0.2, 0.25) is 0 Å². The number of hydrogen-bond acceptors (Lipinski definition) is 0. The second-order valence-corrected chi connectivity index (χ2v) is 10.8. The molecule has 0 aliphatic carbocycles. The van der Waals surface area contributed by atoms with Crippen molar-refractivity contribution in [2.24, 2.45) is 0 Å². The van der Waals surface area contributed by atoms with Gasteiger partial charge in [0, 0.05) is 8.96 Å². The Kier molecular flexibility index (Phi) is 5.39. The molecule has 0 saturated carbocycles. The molecule has 0 atom stereocenters. The largest absolute Gasteiger partial charge is 0.167 e. The monoisotopic (exact) mass is 508 g/mol. The van der Waals surface area contributed by atoms with E-state index in [-0.39, 0.29) is 0 Å². The predicted molar refractivity (Wildman–Crippen MR) is 80.7 cm³/mol. The Morgan fingerprint density at radius 1 is 0.929 bits per heavy atom. The molecule has 0 unspecified atom stereocenters. The van der Waals surface area contributed by atoms with Gasteiger partial charge in [0.15, 0.2) is 2.14 Å². The second kappa shape index (κ2) is 5.62. The topological polar surface area (TPSA) is 0 Å². The van der Waals surface area contributed by atoms with E-state index >= 15 is 0 Å². The SMILES string of the molecule is BrC(=C(Br)C(Br)(Br)Br)c1ccccc1. The van der Waals surface area contributed by atoms with Gasteiger partial charge < -0.3 is 0 Å². The molecule has 0 saturated heterocycles. The highest BCUT2D eigenvalue weighted by molar-refractivity contribution is 9.40. The van der Waals surface area contributed by atoms with Crippen molar-refractivity contribution < 1.29 is 0 Å². The molecule has 0 radical (unpaired) electrons. The van der Waals surface area contributed by atoms with E-state index < -0.39 is 2.14 Å². The van der Waals surface area contributed by atoms with Crippen molar-refractivity contribution >= 4 is 84.1 Å². The molecule has 14 heavy (non-hydrogen) atoms. The number of allylic oxidation sites excluding steroid dienone is 1. The van der Waals surface area contributed by atoms with E-state index in [4.69, 9.17) is 0 Å². The Hall–Kier alpha value is 1.36. The minimum Gasteiger partial charge on any atom is -0.0622 e. The Morgan fingerprint density at radius 2 is 1.43 bits per heavy atom. The maximum Gasteiger partial charge on any atom is 0.167 e. The van der Waals surface area contributed by atoms with Crippen molar-refractivity contribution in [3.05, 3.63) is 40.4 Å². The van der Waals surface area contributed by atoms with Crippen LogP contribution in [0, 0.1) is 0 Å². The molecule has 1 rings (SSSR count). The van der Waals surface area contributed by atoms with E-state index in [0.29, 0.717) is 0 Å². The third-order valence-electron chi connectivity index (χ3n) is 1.47. The van der Waals surface area contributed by atoms with Gasteiger partial charge in [-0.15, -0.1) is 0 Å². The molecular weight excluding hydrogens is 508 g/mol. The van der Waals surface area contributed by atoms with Gasteiger partial charge in [0.25, 0.3) is 0 Å². The summed E-state index contributed by atoms with van der Waals surface area (Å²) in [5.74, 6) is 0. The van der Waals surface area contributed by atoms with E-state index in [9.17, 15) is 0 Å². The summed E-state index contributed by atoms with van der Waals surface area (Å²) in [7, 11) is 0. The minimum atomic E-state index is -0.429. The number of alkyl halides is 3. The molecule has 0 heterocycles. The van der Waals surface area contributed by atoms with Gasteiger partial charge in [-0.2, -0.15) is 0 Å². The van der Waals surface area contributed by atoms with Crippen LogP contribution < -0.4 is 0 Å². The molecule has 1 aromatic carbocycles. The number of hydrogen-bond donors (Lipinski definition) is 0. The molecule has 0 nitrogen and oxygen atoms in total. The number of rotatable bonds is 1. The van der Waals surface area contributed by atoms with Crippen molar-refractivity contribution in [2.45, 2.75) is 2.14 Å². The quantitative estimate of drug-likeness (QED) is 0.406. The summed E-state index contributed by atoms with van der Waals surface area (Å²) in [6, 6.07) is 10.0. The van der Waals surface area contributed by atoms with Crippen LogP contribution in [0.15, 0.2) is 34.8 Å². The zero-order chi connectivity index (χ0) is 10.8. The molecule has 0 bridgehead atoms. The highest BCUT2D eigenvalue weighted by atomic mass is 80.0. The molecule has 5 heteroatoms. The van der Waals surface area contributed by atoms with Gasteiger partial charge in [-0.25, -0.2) is 0 Å². The maximum atomic E-state index is 3.53. The Bertz CT molecular complexity index is 336. The second-order valence-electron chi connectivity index (χ2n) is 2.49. The zero-order valence-electron chi connectivity index (χ0n) is 6.78. The third-order valence-corrected chi connectivity index (χ3v) is 6.63. The average molecular weight is 513 g/mol. The van der Waals surface area contributed by atoms with Gasteiger partial charge in [-0.1, -0.05) is 94.1 Å². The summed E-state index contributed by atoms with van der Waals surface area (Å²) >= 11 is 17.3. The fraction of sp³-hybridized carbons (Fsp3) is 0.111. The lowest BCUT2D eigenvalue weighted by atomic mass is 10.2. The van der Waals surface area contributed by atoms with Crippen LogP contribution >= 0.6 is 79.6 Å². The van der Waals surface area contributed by atoms with Crippen LogP contribution in [0.3, 0.4) is 0 Å². The molecule has 76 valence electrons. The van der Waals surface area contributed by atoms with Crippen LogP contribution in [-0.2, 0) is 0 Å². The van der Waals surface area contributed by atoms with E-state index in [1.54, 1.807) is 0 Å². The summed E-state index contributed by atoms with van der Waals surface area (Å²) in [5, 5.41) is 0. The molecule has 0 N–H and O–H groups in total. The fourth-order valence-electron chi connectivity index (χ4n) is 0.836. The molecule has 1 aromatic rings. The summed E-state index contributed by atoms with van der Waals surface area (Å²) in [4.78, 5) is 0. The molecule has 0 aromatic heterocycles. The summed E-state index contributed by atoms with van der Waals surface area (Å²) in [6.45, 7) is 0. The maximum absolute atomic E-state index is 3.53. The predicted octanol–water partition coefficient (Wildman–Crippen LogP) is 5.98. The van der Waals surface area contributed by atoms with Crippen molar-refractivity contribution in [1.82, 2.24) is 0 Å². The summed E-state index contributed by atoms with van der Waals surface area (Å²) in [5.41, 5.74) is 1.11. The minimum absolute atomic E-state index is 0.429. The average Bonchev–Trinajstić information content (AvgIpc) is 2.15. The van der Waals surface area contributed by atoms with Gasteiger partial charge >= 0.3 is 0 Å². The first-order valence-corrected chi connectivity index (χ1v) is 7.57. The molecular formula is C9H5Br5. The Balaban J connectivity index is 3.12. The van der Waals surface area contributed by atoms with Crippen molar-refractivity contribution in [1.29, 1.82) is 0 Å². The van der Waals surface area contributed by atoms with E-state index in [2.05, 4.69) is 79.6 Å². The lowest BCUT2D eigenvalue weighted by molar-refractivity contribution is 1.59. The van der Waals surface area contributed by atoms with Crippen LogP contribution in [0.2, 0.25) is 0 Å². The number of halogens is 5. The lowest BCUT2D eigenvalue weighted by Crippen LogP contribution is -1.99. The lowest BCUT2D eigenvalue weighted by Gasteiger charge is -2.13. The highest BCUT2D eigenvalue weighted by Crippen LogP contribution is 2.48. The van der Waals surface area contributed by atoms with E-state index in [1.165, 1.54) is 0 Å². The van der Waals surface area contributed by atoms with E-state index in [1.807, 2.05) is 30.3 Å². The number of benzene rings is 1. The smallest absolute Gasteiger partial charge is 0.0622 e. The Morgan fingerprint density at radius 3 is 1.86 bits per heavy atom. The standard InChI is InChI=1S/C9H5Br5/c10-7(8(11)9(12,13)14)6-4-2-1-3-5-6/h1-5H. The van der Waals surface area contributed by atoms with E-state index in [0.717, 1.165) is 14.5 Å². The van der Waals surface area contributed by atoms with Crippen LogP contribution in [-0.4, -0.2) is 2.14 Å². The molecule has 0 aliphatic rings. The van der Waals surface area contributed by atoms with Crippen LogP contribution in [0.4, 0.5) is 0 Å². The van der Waals surface area contributed by atoms with Gasteiger partial charge in [0.05, 0.1) is 0 Å². The first kappa shape index (κ1) is 13.4. The van der Waals surface area contributed by atoms with Crippen molar-refractivity contribution in [3.8, 4) is 0 Å². The first-order valence-electron chi connectivity index (χ1n) is 3.61. The summed E-state index contributed by atoms with van der Waals surface area (Å²) in [6.07, 6.45) is 0. The Labute approximate surface area is 125 Å². The normalized spacial score (nSPS) is 13.8. The zero-order valence-corrected chi connectivity index (χ0v) is 14.7. The van der Waals surface area contributed by atoms with Crippen LogP contribution in [0.25, 0.3) is 4.48 Å². The van der Waals surface area contributed by atoms with Gasteiger partial charge in [-0.3, -0.25) is 0 Å². The molecule has 0 amide bonds. The molecule has 0 spiro atoms. The first-order chi connectivity index (χ1) is 6.43. The molecule has 0 aliphatic heterocycles. The van der Waals surface area contributed by atoms with Crippen LogP contribution in [0.5, 0.6) is 0 Å². The third kappa shape index (κ3) is 3.74. The fourth-order valence-corrected chi connectivity index (χ4v) is 3.02. The van der Waals surface area contributed by atoms with Gasteiger partial charge in [0.1, 0.15) is 0 Å².